The fourth-order valence-electron chi connectivity index (χ4n) is 1.96. The number of hydrogen-bond acceptors (Lipinski definition) is 3. The minimum absolute atomic E-state index is 0.0766. The third-order valence-electron chi connectivity index (χ3n) is 2.96. The monoisotopic (exact) mass is 343 g/mol. The molecule has 0 saturated heterocycles. The van der Waals surface area contributed by atoms with Crippen molar-refractivity contribution in [2.75, 3.05) is 12.4 Å². The Morgan fingerprint density at radius 2 is 1.79 bits per heavy atom. The normalized spacial score (nSPS) is 11.0. The van der Waals surface area contributed by atoms with Crippen LogP contribution in [0.3, 0.4) is 0 Å². The summed E-state index contributed by atoms with van der Waals surface area (Å²) < 4.78 is 58.0. The number of methoxy groups -OCH3 is 1. The Balaban J connectivity index is 2.00. The number of alkyl halides is 3. The van der Waals surface area contributed by atoms with Crippen LogP contribution in [0.15, 0.2) is 42.5 Å². The highest BCUT2D eigenvalue weighted by atomic mass is 19.4. The zero-order valence-electron chi connectivity index (χ0n) is 12.5. The van der Waals surface area contributed by atoms with Gasteiger partial charge in [-0.05, 0) is 29.8 Å². The first kappa shape index (κ1) is 17.6. The molecule has 1 N–H and O–H groups in total. The van der Waals surface area contributed by atoms with E-state index >= 15 is 0 Å². The number of amides is 1. The van der Waals surface area contributed by atoms with Crippen LogP contribution < -0.4 is 14.8 Å². The molecule has 4 nitrogen and oxygen atoms in total. The van der Waals surface area contributed by atoms with Gasteiger partial charge in [0, 0.05) is 6.07 Å². The number of anilines is 1. The molecule has 2 aromatic carbocycles. The highest BCUT2D eigenvalue weighted by molar-refractivity contribution is 5.93. The molecule has 0 aromatic heterocycles. The molecule has 0 saturated carbocycles. The number of hydrogen-bond donors (Lipinski definition) is 1. The summed E-state index contributed by atoms with van der Waals surface area (Å²) in [5.41, 5.74) is 0.782. The molecule has 1 amide bonds. The van der Waals surface area contributed by atoms with Crippen LogP contribution in [0, 0.1) is 5.82 Å². The van der Waals surface area contributed by atoms with E-state index in [9.17, 15) is 22.4 Å². The maximum Gasteiger partial charge on any atom is 0.573 e. The van der Waals surface area contributed by atoms with Gasteiger partial charge in [-0.15, -0.1) is 13.2 Å². The molecule has 0 aliphatic heterocycles. The highest BCUT2D eigenvalue weighted by Crippen LogP contribution is 2.26. The smallest absolute Gasteiger partial charge is 0.494 e. The minimum Gasteiger partial charge on any atom is -0.494 e. The molecular formula is C16H13F4NO3. The van der Waals surface area contributed by atoms with Gasteiger partial charge in [0.1, 0.15) is 17.3 Å². The van der Waals surface area contributed by atoms with E-state index in [1.165, 1.54) is 31.4 Å². The van der Waals surface area contributed by atoms with Crippen LogP contribution in [-0.4, -0.2) is 19.4 Å². The van der Waals surface area contributed by atoms with E-state index in [1.807, 2.05) is 0 Å². The number of halogens is 4. The Kier molecular flexibility index (Phi) is 5.28. The Morgan fingerprint density at radius 3 is 2.38 bits per heavy atom. The van der Waals surface area contributed by atoms with Crippen molar-refractivity contribution in [2.45, 2.75) is 12.8 Å². The number of carbonyl (C=O) groups excluding carboxylic acids is 1. The van der Waals surface area contributed by atoms with E-state index in [1.54, 1.807) is 0 Å². The lowest BCUT2D eigenvalue weighted by Gasteiger charge is -2.11. The fourth-order valence-corrected chi connectivity index (χ4v) is 1.96. The van der Waals surface area contributed by atoms with Crippen LogP contribution in [0.2, 0.25) is 0 Å². The lowest BCUT2D eigenvalue weighted by Crippen LogP contribution is -2.17. The molecule has 0 aliphatic carbocycles. The first-order valence-electron chi connectivity index (χ1n) is 6.75. The van der Waals surface area contributed by atoms with Gasteiger partial charge in [-0.1, -0.05) is 12.1 Å². The molecule has 0 aliphatic rings. The van der Waals surface area contributed by atoms with E-state index < -0.39 is 18.1 Å². The average Bonchev–Trinajstić information content (AvgIpc) is 2.49. The molecule has 24 heavy (non-hydrogen) atoms. The molecular weight excluding hydrogens is 330 g/mol. The topological polar surface area (TPSA) is 47.6 Å². The van der Waals surface area contributed by atoms with Crippen LogP contribution in [0.25, 0.3) is 0 Å². The molecule has 0 fully saturated rings. The molecule has 0 atom stereocenters. The first-order valence-corrected chi connectivity index (χ1v) is 6.75. The number of rotatable bonds is 5. The van der Waals surface area contributed by atoms with Gasteiger partial charge in [-0.25, -0.2) is 4.39 Å². The van der Waals surface area contributed by atoms with Crippen molar-refractivity contribution in [3.05, 3.63) is 53.8 Å². The van der Waals surface area contributed by atoms with Crippen molar-refractivity contribution in [1.29, 1.82) is 0 Å². The summed E-state index contributed by atoms with van der Waals surface area (Å²) in [6.07, 6.45) is -4.84. The minimum atomic E-state index is -4.77. The molecule has 0 spiro atoms. The van der Waals surface area contributed by atoms with E-state index in [0.717, 1.165) is 18.2 Å². The number of ether oxygens (including phenoxy) is 2. The Hall–Kier alpha value is -2.77. The van der Waals surface area contributed by atoms with Crippen LogP contribution in [0.4, 0.5) is 23.2 Å². The zero-order chi connectivity index (χ0) is 17.7. The summed E-state index contributed by atoms with van der Waals surface area (Å²) in [4.78, 5) is 12.0. The van der Waals surface area contributed by atoms with Crippen LogP contribution in [0.1, 0.15) is 5.56 Å². The second kappa shape index (κ2) is 7.20. The van der Waals surface area contributed by atoms with Crippen LogP contribution in [-0.2, 0) is 11.2 Å². The Morgan fingerprint density at radius 1 is 1.12 bits per heavy atom. The second-order valence-electron chi connectivity index (χ2n) is 4.76. The summed E-state index contributed by atoms with van der Waals surface area (Å²) in [5, 5.41) is 2.55. The largest absolute Gasteiger partial charge is 0.573 e. The summed E-state index contributed by atoms with van der Waals surface area (Å²) >= 11 is 0. The fraction of sp³-hybridized carbons (Fsp3) is 0.188. The van der Waals surface area contributed by atoms with Crippen molar-refractivity contribution in [3.8, 4) is 11.5 Å². The molecule has 128 valence electrons. The molecule has 2 aromatic rings. The molecule has 2 rings (SSSR count). The van der Waals surface area contributed by atoms with E-state index in [-0.39, 0.29) is 17.9 Å². The maximum absolute atomic E-state index is 13.1. The van der Waals surface area contributed by atoms with Gasteiger partial charge in [-0.2, -0.15) is 0 Å². The van der Waals surface area contributed by atoms with Gasteiger partial charge in [0.25, 0.3) is 0 Å². The maximum atomic E-state index is 13.1. The Bertz CT molecular complexity index is 714. The molecule has 0 heterocycles. The average molecular weight is 343 g/mol. The standard InChI is InChI=1S/C16H13F4NO3/c1-23-14-9-11(17)4-7-13(14)21-15(22)8-10-2-5-12(6-3-10)24-16(18,19)20/h2-7,9H,8H2,1H3,(H,21,22). The van der Waals surface area contributed by atoms with Gasteiger partial charge in [0.05, 0.1) is 19.2 Å². The first-order chi connectivity index (χ1) is 11.3. The molecule has 0 radical (unpaired) electrons. The quantitative estimate of drug-likeness (QED) is 0.838. The van der Waals surface area contributed by atoms with Crippen LogP contribution >= 0.6 is 0 Å². The van der Waals surface area contributed by atoms with Crippen molar-refractivity contribution in [1.82, 2.24) is 0 Å². The summed E-state index contributed by atoms with van der Waals surface area (Å²) in [7, 11) is 1.34. The van der Waals surface area contributed by atoms with Gasteiger partial charge in [0.2, 0.25) is 5.91 Å². The summed E-state index contributed by atoms with van der Waals surface area (Å²) in [5.74, 6) is -1.14. The Labute approximate surface area is 135 Å². The molecule has 0 unspecified atom stereocenters. The second-order valence-corrected chi connectivity index (χ2v) is 4.76. The van der Waals surface area contributed by atoms with Crippen molar-refractivity contribution in [3.63, 3.8) is 0 Å². The number of carbonyl (C=O) groups is 1. The van der Waals surface area contributed by atoms with Gasteiger partial charge < -0.3 is 14.8 Å². The lowest BCUT2D eigenvalue weighted by atomic mass is 10.1. The molecule has 8 heteroatoms. The predicted octanol–water partition coefficient (Wildman–Crippen LogP) is 3.91. The van der Waals surface area contributed by atoms with Crippen molar-refractivity contribution < 1.29 is 31.8 Å². The third kappa shape index (κ3) is 5.15. The van der Waals surface area contributed by atoms with E-state index in [2.05, 4.69) is 10.1 Å². The predicted molar refractivity (Wildman–Crippen MR) is 78.4 cm³/mol. The van der Waals surface area contributed by atoms with Gasteiger partial charge in [-0.3, -0.25) is 4.79 Å². The third-order valence-corrected chi connectivity index (χ3v) is 2.96. The zero-order valence-corrected chi connectivity index (χ0v) is 12.5. The van der Waals surface area contributed by atoms with Crippen molar-refractivity contribution in [2.24, 2.45) is 0 Å². The van der Waals surface area contributed by atoms with Gasteiger partial charge >= 0.3 is 6.36 Å². The summed E-state index contributed by atoms with van der Waals surface area (Å²) in [6.45, 7) is 0. The van der Waals surface area contributed by atoms with Crippen LogP contribution in [0.5, 0.6) is 11.5 Å². The van der Waals surface area contributed by atoms with Crippen molar-refractivity contribution >= 4 is 11.6 Å². The van der Waals surface area contributed by atoms with E-state index in [0.29, 0.717) is 11.3 Å². The SMILES string of the molecule is COc1cc(F)ccc1NC(=O)Cc1ccc(OC(F)(F)F)cc1. The molecule has 0 bridgehead atoms. The summed E-state index contributed by atoms with van der Waals surface area (Å²) in [6, 6.07) is 8.58. The number of benzene rings is 2. The van der Waals surface area contributed by atoms with E-state index in [4.69, 9.17) is 4.74 Å². The highest BCUT2D eigenvalue weighted by Gasteiger charge is 2.30. The van der Waals surface area contributed by atoms with Gasteiger partial charge in [0.15, 0.2) is 0 Å². The lowest BCUT2D eigenvalue weighted by molar-refractivity contribution is -0.274. The number of nitrogens with one attached hydrogen (secondary N) is 1.